The van der Waals surface area contributed by atoms with Gasteiger partial charge < -0.3 is 20.5 Å². The van der Waals surface area contributed by atoms with E-state index in [1.165, 1.54) is 6.33 Å². The number of aromatic nitrogens is 4. The summed E-state index contributed by atoms with van der Waals surface area (Å²) in [6.07, 6.45) is 7.90. The van der Waals surface area contributed by atoms with Crippen molar-refractivity contribution in [2.24, 2.45) is 0 Å². The third-order valence-corrected chi connectivity index (χ3v) is 4.73. The van der Waals surface area contributed by atoms with E-state index in [0.717, 1.165) is 57.5 Å². The Morgan fingerprint density at radius 2 is 2.08 bits per heavy atom. The number of likely N-dealkylation sites (tertiary alicyclic amines) is 1. The topological polar surface area (TPSA) is 102 Å². The lowest BCUT2D eigenvalue weighted by molar-refractivity contribution is -0.122. The zero-order valence-corrected chi connectivity index (χ0v) is 14.8. The second-order valence-corrected chi connectivity index (χ2v) is 6.66. The quantitative estimate of drug-likeness (QED) is 0.781. The SMILES string of the molecule is CCCC(=O)NC1CCN(CCCn2cnc3c(N)ncnc32)CC1. The normalized spacial score (nSPS) is 16.4. The van der Waals surface area contributed by atoms with Crippen LogP contribution < -0.4 is 11.1 Å². The number of nitrogens with one attached hydrogen (secondary N) is 1. The van der Waals surface area contributed by atoms with Gasteiger partial charge in [-0.3, -0.25) is 4.79 Å². The molecule has 0 aliphatic carbocycles. The van der Waals surface area contributed by atoms with E-state index in [-0.39, 0.29) is 5.91 Å². The Kier molecular flexibility index (Phi) is 5.80. The van der Waals surface area contributed by atoms with Crippen LogP contribution in [0.25, 0.3) is 11.2 Å². The first-order valence-electron chi connectivity index (χ1n) is 9.10. The van der Waals surface area contributed by atoms with Crippen LogP contribution >= 0.6 is 0 Å². The molecule has 2 aromatic heterocycles. The second kappa shape index (κ2) is 8.24. The molecule has 0 radical (unpaired) electrons. The van der Waals surface area contributed by atoms with Crippen molar-refractivity contribution in [1.82, 2.24) is 29.7 Å². The third-order valence-electron chi connectivity index (χ3n) is 4.73. The number of imidazole rings is 1. The molecule has 136 valence electrons. The number of nitrogen functional groups attached to an aromatic ring is 1. The van der Waals surface area contributed by atoms with Gasteiger partial charge in [0.1, 0.15) is 11.8 Å². The first-order chi connectivity index (χ1) is 12.2. The van der Waals surface area contributed by atoms with Gasteiger partial charge in [-0.15, -0.1) is 0 Å². The highest BCUT2D eigenvalue weighted by atomic mass is 16.1. The van der Waals surface area contributed by atoms with Crippen molar-refractivity contribution in [3.63, 3.8) is 0 Å². The molecule has 3 heterocycles. The molecule has 0 atom stereocenters. The molecule has 0 saturated carbocycles. The van der Waals surface area contributed by atoms with Crippen LogP contribution in [0, 0.1) is 0 Å². The van der Waals surface area contributed by atoms with Gasteiger partial charge in [0, 0.05) is 32.1 Å². The summed E-state index contributed by atoms with van der Waals surface area (Å²) in [4.78, 5) is 26.7. The molecule has 1 saturated heterocycles. The predicted octanol–water partition coefficient (Wildman–Crippen LogP) is 1.18. The lowest BCUT2D eigenvalue weighted by atomic mass is 10.0. The highest BCUT2D eigenvalue weighted by Crippen LogP contribution is 2.15. The number of anilines is 1. The van der Waals surface area contributed by atoms with Gasteiger partial charge in [-0.25, -0.2) is 15.0 Å². The average molecular weight is 345 g/mol. The maximum absolute atomic E-state index is 11.7. The lowest BCUT2D eigenvalue weighted by Gasteiger charge is -2.32. The van der Waals surface area contributed by atoms with Gasteiger partial charge in [0.15, 0.2) is 11.5 Å². The zero-order chi connectivity index (χ0) is 17.6. The Balaban J connectivity index is 1.41. The van der Waals surface area contributed by atoms with Gasteiger partial charge in [0.2, 0.25) is 5.91 Å². The summed E-state index contributed by atoms with van der Waals surface area (Å²) in [5, 5.41) is 3.14. The number of nitrogens with two attached hydrogens (primary N) is 1. The molecule has 8 nitrogen and oxygen atoms in total. The minimum absolute atomic E-state index is 0.189. The van der Waals surface area contributed by atoms with Crippen molar-refractivity contribution in [3.8, 4) is 0 Å². The zero-order valence-electron chi connectivity index (χ0n) is 14.8. The standard InChI is InChI=1S/C17H27N7O/c1-2-4-14(25)22-13-5-9-23(10-6-13)7-3-8-24-12-21-15-16(18)19-11-20-17(15)24/h11-13H,2-10H2,1H3,(H,22,25)(H2,18,19,20). The highest BCUT2D eigenvalue weighted by Gasteiger charge is 2.20. The van der Waals surface area contributed by atoms with Crippen molar-refractivity contribution < 1.29 is 4.79 Å². The predicted molar refractivity (Wildman–Crippen MR) is 96.9 cm³/mol. The Bertz CT molecular complexity index is 706. The molecule has 3 N–H and O–H groups in total. The van der Waals surface area contributed by atoms with E-state index >= 15 is 0 Å². The highest BCUT2D eigenvalue weighted by molar-refractivity contribution is 5.81. The maximum atomic E-state index is 11.7. The molecule has 1 fully saturated rings. The first kappa shape index (κ1) is 17.6. The molecule has 0 bridgehead atoms. The molecule has 1 amide bonds. The van der Waals surface area contributed by atoms with Gasteiger partial charge in [0.05, 0.1) is 6.33 Å². The van der Waals surface area contributed by atoms with Gasteiger partial charge in [-0.05, 0) is 32.2 Å². The molecule has 1 aliphatic rings. The number of aryl methyl sites for hydroxylation is 1. The van der Waals surface area contributed by atoms with Gasteiger partial charge in [-0.2, -0.15) is 0 Å². The van der Waals surface area contributed by atoms with Crippen LogP contribution in [-0.2, 0) is 11.3 Å². The summed E-state index contributed by atoms with van der Waals surface area (Å²) in [5.41, 5.74) is 7.28. The number of fused-ring (bicyclic) bond motifs is 1. The van der Waals surface area contributed by atoms with E-state index in [4.69, 9.17) is 5.73 Å². The molecule has 0 aromatic carbocycles. The molecule has 2 aromatic rings. The fraction of sp³-hybridized carbons (Fsp3) is 0.647. The fourth-order valence-corrected chi connectivity index (χ4v) is 3.35. The number of hydrogen-bond acceptors (Lipinski definition) is 6. The molecular weight excluding hydrogens is 318 g/mol. The summed E-state index contributed by atoms with van der Waals surface area (Å²) in [7, 11) is 0. The molecule has 25 heavy (non-hydrogen) atoms. The monoisotopic (exact) mass is 345 g/mol. The van der Waals surface area contributed by atoms with Crippen LogP contribution in [0.15, 0.2) is 12.7 Å². The van der Waals surface area contributed by atoms with Crippen LogP contribution in [0.3, 0.4) is 0 Å². The minimum Gasteiger partial charge on any atom is -0.382 e. The number of rotatable bonds is 7. The largest absolute Gasteiger partial charge is 0.382 e. The van der Waals surface area contributed by atoms with E-state index in [0.29, 0.717) is 23.8 Å². The smallest absolute Gasteiger partial charge is 0.220 e. The van der Waals surface area contributed by atoms with Crippen LogP contribution in [0.5, 0.6) is 0 Å². The summed E-state index contributed by atoms with van der Waals surface area (Å²) in [6.45, 7) is 6.01. The molecule has 0 unspecified atom stereocenters. The van der Waals surface area contributed by atoms with Crippen molar-refractivity contribution in [3.05, 3.63) is 12.7 Å². The number of amides is 1. The van der Waals surface area contributed by atoms with E-state index < -0.39 is 0 Å². The number of carbonyl (C=O) groups excluding carboxylic acids is 1. The summed E-state index contributed by atoms with van der Waals surface area (Å²) < 4.78 is 2.03. The minimum atomic E-state index is 0.189. The van der Waals surface area contributed by atoms with Crippen molar-refractivity contribution in [2.75, 3.05) is 25.4 Å². The van der Waals surface area contributed by atoms with Crippen molar-refractivity contribution >= 4 is 22.9 Å². The molecule has 0 spiro atoms. The molecule has 1 aliphatic heterocycles. The van der Waals surface area contributed by atoms with E-state index in [1.807, 2.05) is 11.5 Å². The van der Waals surface area contributed by atoms with E-state index in [2.05, 4.69) is 25.2 Å². The third kappa shape index (κ3) is 4.45. The van der Waals surface area contributed by atoms with Crippen LogP contribution in [0.4, 0.5) is 5.82 Å². The summed E-state index contributed by atoms with van der Waals surface area (Å²) in [5.74, 6) is 0.616. The van der Waals surface area contributed by atoms with Crippen LogP contribution in [-0.4, -0.2) is 56.0 Å². The van der Waals surface area contributed by atoms with Gasteiger partial charge in [0.25, 0.3) is 0 Å². The van der Waals surface area contributed by atoms with Crippen LogP contribution in [0.2, 0.25) is 0 Å². The Labute approximate surface area is 147 Å². The van der Waals surface area contributed by atoms with Crippen molar-refractivity contribution in [1.29, 1.82) is 0 Å². The lowest BCUT2D eigenvalue weighted by Crippen LogP contribution is -2.44. The van der Waals surface area contributed by atoms with Gasteiger partial charge in [-0.1, -0.05) is 6.92 Å². The van der Waals surface area contributed by atoms with Crippen molar-refractivity contribution in [2.45, 2.75) is 51.6 Å². The summed E-state index contributed by atoms with van der Waals surface area (Å²) >= 11 is 0. The van der Waals surface area contributed by atoms with E-state index in [9.17, 15) is 4.79 Å². The Hall–Kier alpha value is -2.22. The van der Waals surface area contributed by atoms with Gasteiger partial charge >= 0.3 is 0 Å². The second-order valence-electron chi connectivity index (χ2n) is 6.66. The first-order valence-corrected chi connectivity index (χ1v) is 9.10. The van der Waals surface area contributed by atoms with Crippen LogP contribution in [0.1, 0.15) is 39.0 Å². The molecular formula is C17H27N7O. The Morgan fingerprint density at radius 1 is 1.28 bits per heavy atom. The number of carbonyl (C=O) groups is 1. The fourth-order valence-electron chi connectivity index (χ4n) is 3.35. The number of piperidine rings is 1. The number of hydrogen-bond donors (Lipinski definition) is 2. The average Bonchev–Trinajstić information content (AvgIpc) is 3.01. The maximum Gasteiger partial charge on any atom is 0.220 e. The molecule has 3 rings (SSSR count). The number of nitrogens with zero attached hydrogens (tertiary/aromatic N) is 5. The molecule has 8 heteroatoms. The Morgan fingerprint density at radius 3 is 2.84 bits per heavy atom. The van der Waals surface area contributed by atoms with E-state index in [1.54, 1.807) is 6.33 Å². The summed E-state index contributed by atoms with van der Waals surface area (Å²) in [6, 6.07) is 0.340.